The summed E-state index contributed by atoms with van der Waals surface area (Å²) in [6.07, 6.45) is 0.153. The minimum Gasteiger partial charge on any atom is -0.438 e. The SMILES string of the molecule is CCC(=O)OCOP(=O)(OCOC(C)=O)OC(C)(C)C(C)C. The molecule has 0 aliphatic rings. The first-order valence-corrected chi connectivity index (χ1v) is 8.37. The van der Waals surface area contributed by atoms with Crippen LogP contribution < -0.4 is 0 Å². The minimum absolute atomic E-state index is 0.0000532. The molecule has 0 N–H and O–H groups in total. The van der Waals surface area contributed by atoms with E-state index in [1.165, 1.54) is 6.92 Å². The molecule has 0 heterocycles. The topological polar surface area (TPSA) is 97.4 Å². The van der Waals surface area contributed by atoms with Crippen molar-refractivity contribution in [2.45, 2.75) is 53.6 Å². The van der Waals surface area contributed by atoms with E-state index >= 15 is 0 Å². The molecule has 9 heteroatoms. The highest BCUT2D eigenvalue weighted by Crippen LogP contribution is 2.53. The van der Waals surface area contributed by atoms with E-state index in [2.05, 4.69) is 9.47 Å². The molecule has 0 aliphatic carbocycles. The van der Waals surface area contributed by atoms with E-state index in [1.54, 1.807) is 20.8 Å². The molecular weight excluding hydrogens is 315 g/mol. The molecule has 0 aliphatic heterocycles. The predicted octanol–water partition coefficient (Wildman–Crippen LogP) is 3.01. The lowest BCUT2D eigenvalue weighted by atomic mass is 9.95. The first-order valence-electron chi connectivity index (χ1n) is 6.91. The minimum atomic E-state index is -4.07. The van der Waals surface area contributed by atoms with Gasteiger partial charge in [0, 0.05) is 13.3 Å². The van der Waals surface area contributed by atoms with Crippen molar-refractivity contribution in [3.8, 4) is 0 Å². The molecule has 0 bridgehead atoms. The molecule has 0 aromatic heterocycles. The maximum atomic E-state index is 12.5. The Morgan fingerprint density at radius 1 is 1.09 bits per heavy atom. The molecule has 1 unspecified atom stereocenters. The van der Waals surface area contributed by atoms with Gasteiger partial charge in [-0.3, -0.25) is 14.1 Å². The van der Waals surface area contributed by atoms with Gasteiger partial charge in [-0.25, -0.2) is 13.6 Å². The summed E-state index contributed by atoms with van der Waals surface area (Å²) in [5, 5.41) is 0. The summed E-state index contributed by atoms with van der Waals surface area (Å²) in [5.41, 5.74) is -0.833. The molecule has 0 fully saturated rings. The van der Waals surface area contributed by atoms with Gasteiger partial charge in [0.1, 0.15) is 0 Å². The molecule has 8 nitrogen and oxygen atoms in total. The van der Waals surface area contributed by atoms with Crippen LogP contribution in [0.1, 0.15) is 48.0 Å². The maximum absolute atomic E-state index is 12.5. The summed E-state index contributed by atoms with van der Waals surface area (Å²) in [6, 6.07) is 0. The van der Waals surface area contributed by atoms with Gasteiger partial charge in [0.15, 0.2) is 0 Å². The molecule has 0 spiro atoms. The zero-order chi connectivity index (χ0) is 17.4. The molecule has 0 saturated heterocycles. The normalized spacial score (nSPS) is 14.5. The monoisotopic (exact) mass is 340 g/mol. The van der Waals surface area contributed by atoms with E-state index in [9.17, 15) is 14.2 Å². The molecule has 0 amide bonds. The van der Waals surface area contributed by atoms with Crippen molar-refractivity contribution in [3.05, 3.63) is 0 Å². The van der Waals surface area contributed by atoms with Crippen molar-refractivity contribution >= 4 is 19.8 Å². The number of phosphoric acid groups is 1. The van der Waals surface area contributed by atoms with Crippen molar-refractivity contribution in [2.24, 2.45) is 5.92 Å². The van der Waals surface area contributed by atoms with Crippen LogP contribution in [-0.2, 0) is 37.2 Å². The number of ether oxygens (including phenoxy) is 2. The van der Waals surface area contributed by atoms with Crippen LogP contribution in [0.15, 0.2) is 0 Å². The van der Waals surface area contributed by atoms with E-state index in [0.29, 0.717) is 0 Å². The Hall–Kier alpha value is -0.950. The summed E-state index contributed by atoms with van der Waals surface area (Å²) in [6.45, 7) is 8.76. The lowest BCUT2D eigenvalue weighted by molar-refractivity contribution is -0.153. The number of hydrogen-bond donors (Lipinski definition) is 0. The summed E-state index contributed by atoms with van der Waals surface area (Å²) < 4.78 is 37.1. The molecular formula is C13H25O8P. The van der Waals surface area contributed by atoms with Crippen molar-refractivity contribution in [2.75, 3.05) is 13.6 Å². The van der Waals surface area contributed by atoms with E-state index in [4.69, 9.17) is 13.6 Å². The zero-order valence-electron chi connectivity index (χ0n) is 13.9. The highest BCUT2D eigenvalue weighted by atomic mass is 31.2. The van der Waals surface area contributed by atoms with E-state index < -0.39 is 38.9 Å². The number of carbonyl (C=O) groups is 2. The second-order valence-electron chi connectivity index (χ2n) is 5.30. The molecule has 0 radical (unpaired) electrons. The Morgan fingerprint density at radius 2 is 1.59 bits per heavy atom. The highest BCUT2D eigenvalue weighted by molar-refractivity contribution is 7.48. The second-order valence-corrected chi connectivity index (χ2v) is 6.89. The summed E-state index contributed by atoms with van der Waals surface area (Å²) in [4.78, 5) is 21.8. The Balaban J connectivity index is 4.77. The Morgan fingerprint density at radius 3 is 2.00 bits per heavy atom. The molecule has 0 aromatic rings. The molecule has 22 heavy (non-hydrogen) atoms. The van der Waals surface area contributed by atoms with Gasteiger partial charge < -0.3 is 9.47 Å². The van der Waals surface area contributed by atoms with Gasteiger partial charge >= 0.3 is 19.8 Å². The van der Waals surface area contributed by atoms with Gasteiger partial charge in [-0.05, 0) is 19.8 Å². The second kappa shape index (κ2) is 9.25. The number of rotatable bonds is 10. The fourth-order valence-corrected chi connectivity index (χ4v) is 2.25. The molecule has 0 saturated carbocycles. The van der Waals surface area contributed by atoms with Crippen LogP contribution in [0.5, 0.6) is 0 Å². The van der Waals surface area contributed by atoms with Gasteiger partial charge in [0.25, 0.3) is 0 Å². The molecule has 0 aromatic carbocycles. The van der Waals surface area contributed by atoms with Crippen LogP contribution in [0.25, 0.3) is 0 Å². The Kier molecular flexibility index (Phi) is 8.85. The third-order valence-electron chi connectivity index (χ3n) is 2.93. The van der Waals surface area contributed by atoms with Gasteiger partial charge in [0.05, 0.1) is 5.60 Å². The van der Waals surface area contributed by atoms with Crippen molar-refractivity contribution in [1.82, 2.24) is 0 Å². The Labute approximate surface area is 131 Å². The fourth-order valence-electron chi connectivity index (χ4n) is 0.916. The third-order valence-corrected chi connectivity index (χ3v) is 4.47. The van der Waals surface area contributed by atoms with Crippen LogP contribution in [0.2, 0.25) is 0 Å². The first-order chi connectivity index (χ1) is 10.0. The van der Waals surface area contributed by atoms with Gasteiger partial charge in [-0.1, -0.05) is 20.8 Å². The number of esters is 2. The van der Waals surface area contributed by atoms with Crippen LogP contribution in [0, 0.1) is 5.92 Å². The lowest BCUT2D eigenvalue weighted by Crippen LogP contribution is -2.30. The predicted molar refractivity (Wildman–Crippen MR) is 77.7 cm³/mol. The average molecular weight is 340 g/mol. The van der Waals surface area contributed by atoms with Crippen molar-refractivity contribution in [1.29, 1.82) is 0 Å². The lowest BCUT2D eigenvalue weighted by Gasteiger charge is -2.32. The van der Waals surface area contributed by atoms with E-state index in [1.807, 2.05) is 13.8 Å². The van der Waals surface area contributed by atoms with E-state index in [0.717, 1.165) is 0 Å². The average Bonchev–Trinajstić information content (AvgIpc) is 2.37. The van der Waals surface area contributed by atoms with Crippen LogP contribution >= 0.6 is 7.82 Å². The standard InChI is InChI=1S/C13H25O8P/c1-7-12(15)18-9-20-22(16,19-8-17-11(4)14)21-13(5,6)10(2)3/h10H,7-9H2,1-6H3. The van der Waals surface area contributed by atoms with Crippen LogP contribution in [-0.4, -0.2) is 31.1 Å². The smallest absolute Gasteiger partial charge is 0.438 e. The molecule has 130 valence electrons. The summed E-state index contributed by atoms with van der Waals surface area (Å²) >= 11 is 0. The van der Waals surface area contributed by atoms with E-state index in [-0.39, 0.29) is 12.3 Å². The number of phosphoric ester groups is 1. The summed E-state index contributed by atoms with van der Waals surface area (Å²) in [5.74, 6) is -1.12. The molecule has 0 rings (SSSR count). The van der Waals surface area contributed by atoms with Gasteiger partial charge in [0.2, 0.25) is 13.6 Å². The maximum Gasteiger partial charge on any atom is 0.481 e. The van der Waals surface area contributed by atoms with Gasteiger partial charge in [-0.2, -0.15) is 0 Å². The summed E-state index contributed by atoms with van der Waals surface area (Å²) in [7, 11) is -4.07. The van der Waals surface area contributed by atoms with Crippen LogP contribution in [0.3, 0.4) is 0 Å². The quantitative estimate of drug-likeness (QED) is 0.340. The first kappa shape index (κ1) is 21.0. The highest BCUT2D eigenvalue weighted by Gasteiger charge is 2.38. The van der Waals surface area contributed by atoms with Gasteiger partial charge in [-0.15, -0.1) is 0 Å². The van der Waals surface area contributed by atoms with Crippen LogP contribution in [0.4, 0.5) is 0 Å². The third kappa shape index (κ3) is 8.48. The molecule has 1 atom stereocenters. The number of carbonyl (C=O) groups excluding carboxylic acids is 2. The fraction of sp³-hybridized carbons (Fsp3) is 0.846. The van der Waals surface area contributed by atoms with Crippen molar-refractivity contribution < 1.29 is 37.2 Å². The number of hydrogen-bond acceptors (Lipinski definition) is 8. The van der Waals surface area contributed by atoms with Crippen molar-refractivity contribution in [3.63, 3.8) is 0 Å². The largest absolute Gasteiger partial charge is 0.481 e. The zero-order valence-corrected chi connectivity index (χ0v) is 14.8. The Bertz CT molecular complexity index is 418.